The fourth-order valence-electron chi connectivity index (χ4n) is 2.51. The van der Waals surface area contributed by atoms with Gasteiger partial charge in [0.2, 0.25) is 0 Å². The Hall–Kier alpha value is -0.640. The molecule has 19 heavy (non-hydrogen) atoms. The molecule has 2 nitrogen and oxygen atoms in total. The molecule has 1 aliphatic rings. The molecule has 0 spiro atoms. The van der Waals surface area contributed by atoms with Crippen molar-refractivity contribution in [1.29, 1.82) is 0 Å². The van der Waals surface area contributed by atoms with Gasteiger partial charge in [0.15, 0.2) is 0 Å². The lowest BCUT2D eigenvalue weighted by Gasteiger charge is -2.46. The van der Waals surface area contributed by atoms with E-state index >= 15 is 0 Å². The molecule has 0 aliphatic carbocycles. The molecule has 1 aliphatic heterocycles. The highest BCUT2D eigenvalue weighted by Gasteiger charge is 2.33. The standard InChI is InChI=1S/C15H22ClFN2/c1-4-13-9-19(15(2,3)10-18-13)8-11-7-12(17)5-6-14(11)16/h5-7,13,18H,4,8-10H2,1-3H3. The minimum Gasteiger partial charge on any atom is -0.311 e. The van der Waals surface area contributed by atoms with Gasteiger partial charge in [0.1, 0.15) is 5.82 Å². The summed E-state index contributed by atoms with van der Waals surface area (Å²) < 4.78 is 13.3. The monoisotopic (exact) mass is 284 g/mol. The molecule has 1 saturated heterocycles. The third kappa shape index (κ3) is 3.47. The molecule has 1 heterocycles. The van der Waals surface area contributed by atoms with Gasteiger partial charge in [0, 0.05) is 36.2 Å². The highest BCUT2D eigenvalue weighted by atomic mass is 35.5. The largest absolute Gasteiger partial charge is 0.311 e. The summed E-state index contributed by atoms with van der Waals surface area (Å²) in [5.41, 5.74) is 0.924. The first-order valence-electron chi connectivity index (χ1n) is 6.84. The van der Waals surface area contributed by atoms with E-state index in [1.54, 1.807) is 12.1 Å². The van der Waals surface area contributed by atoms with Crippen LogP contribution in [0.4, 0.5) is 4.39 Å². The predicted molar refractivity (Wildman–Crippen MR) is 78.0 cm³/mol. The van der Waals surface area contributed by atoms with E-state index in [9.17, 15) is 4.39 Å². The van der Waals surface area contributed by atoms with Crippen molar-refractivity contribution in [1.82, 2.24) is 10.2 Å². The number of nitrogens with one attached hydrogen (secondary N) is 1. The van der Waals surface area contributed by atoms with Gasteiger partial charge in [-0.05, 0) is 44.0 Å². The Morgan fingerprint density at radius 3 is 2.89 bits per heavy atom. The summed E-state index contributed by atoms with van der Waals surface area (Å²) in [6.07, 6.45) is 1.10. The lowest BCUT2D eigenvalue weighted by Crippen LogP contribution is -2.61. The zero-order valence-electron chi connectivity index (χ0n) is 11.8. The molecular weight excluding hydrogens is 263 g/mol. The minimum absolute atomic E-state index is 0.0569. The highest BCUT2D eigenvalue weighted by Crippen LogP contribution is 2.25. The summed E-state index contributed by atoms with van der Waals surface area (Å²) in [5.74, 6) is -0.223. The van der Waals surface area contributed by atoms with Crippen molar-refractivity contribution in [2.45, 2.75) is 45.3 Å². The summed E-state index contributed by atoms with van der Waals surface area (Å²) in [6, 6.07) is 5.09. The summed E-state index contributed by atoms with van der Waals surface area (Å²) >= 11 is 6.17. The molecule has 1 atom stereocenters. The lowest BCUT2D eigenvalue weighted by molar-refractivity contribution is 0.0576. The highest BCUT2D eigenvalue weighted by molar-refractivity contribution is 6.31. The van der Waals surface area contributed by atoms with Crippen LogP contribution < -0.4 is 5.32 Å². The second-order valence-corrected chi connectivity index (χ2v) is 6.32. The van der Waals surface area contributed by atoms with E-state index in [2.05, 4.69) is 31.0 Å². The van der Waals surface area contributed by atoms with Crippen LogP contribution >= 0.6 is 11.6 Å². The lowest BCUT2D eigenvalue weighted by atomic mass is 9.95. The van der Waals surface area contributed by atoms with Crippen molar-refractivity contribution >= 4 is 11.6 Å². The molecule has 0 radical (unpaired) electrons. The number of hydrogen-bond donors (Lipinski definition) is 1. The Bertz CT molecular complexity index is 448. The molecule has 0 bridgehead atoms. The first kappa shape index (κ1) is 14.8. The number of benzene rings is 1. The van der Waals surface area contributed by atoms with Crippen molar-refractivity contribution in [2.24, 2.45) is 0 Å². The number of nitrogens with zero attached hydrogens (tertiary/aromatic N) is 1. The second kappa shape index (κ2) is 5.78. The Balaban J connectivity index is 2.17. The maximum absolute atomic E-state index is 13.3. The maximum Gasteiger partial charge on any atom is 0.123 e. The topological polar surface area (TPSA) is 15.3 Å². The first-order chi connectivity index (χ1) is 8.92. The van der Waals surface area contributed by atoms with Crippen LogP contribution in [-0.2, 0) is 6.54 Å². The average Bonchev–Trinajstić information content (AvgIpc) is 2.36. The molecule has 1 unspecified atom stereocenters. The maximum atomic E-state index is 13.3. The smallest absolute Gasteiger partial charge is 0.123 e. The van der Waals surface area contributed by atoms with Crippen molar-refractivity contribution in [3.8, 4) is 0 Å². The Morgan fingerprint density at radius 1 is 1.47 bits per heavy atom. The van der Waals surface area contributed by atoms with Crippen LogP contribution in [0.1, 0.15) is 32.8 Å². The van der Waals surface area contributed by atoms with Gasteiger partial charge in [-0.1, -0.05) is 18.5 Å². The first-order valence-corrected chi connectivity index (χ1v) is 7.22. The van der Waals surface area contributed by atoms with Crippen LogP contribution in [0.2, 0.25) is 5.02 Å². The van der Waals surface area contributed by atoms with E-state index in [-0.39, 0.29) is 11.4 Å². The molecule has 4 heteroatoms. The van der Waals surface area contributed by atoms with E-state index in [1.165, 1.54) is 6.07 Å². The van der Waals surface area contributed by atoms with Crippen molar-refractivity contribution in [2.75, 3.05) is 13.1 Å². The van der Waals surface area contributed by atoms with Crippen LogP contribution in [0, 0.1) is 5.82 Å². The van der Waals surface area contributed by atoms with Crippen molar-refractivity contribution < 1.29 is 4.39 Å². The summed E-state index contributed by atoms with van der Waals surface area (Å²) in [7, 11) is 0. The average molecular weight is 285 g/mol. The number of rotatable bonds is 3. The zero-order chi connectivity index (χ0) is 14.0. The third-order valence-corrected chi connectivity index (χ3v) is 4.35. The Labute approximate surface area is 119 Å². The fourth-order valence-corrected chi connectivity index (χ4v) is 2.68. The van der Waals surface area contributed by atoms with Gasteiger partial charge in [0.25, 0.3) is 0 Å². The molecule has 106 valence electrons. The van der Waals surface area contributed by atoms with Gasteiger partial charge in [-0.2, -0.15) is 0 Å². The summed E-state index contributed by atoms with van der Waals surface area (Å²) in [4.78, 5) is 2.39. The molecule has 0 amide bonds. The van der Waals surface area contributed by atoms with Crippen LogP contribution in [0.15, 0.2) is 18.2 Å². The molecule has 2 rings (SSSR count). The quantitative estimate of drug-likeness (QED) is 0.915. The number of halogens is 2. The number of hydrogen-bond acceptors (Lipinski definition) is 2. The summed E-state index contributed by atoms with van der Waals surface area (Å²) in [5, 5.41) is 4.19. The predicted octanol–water partition coefficient (Wildman–Crippen LogP) is 3.44. The SMILES string of the molecule is CCC1CN(Cc2cc(F)ccc2Cl)C(C)(C)CN1. The Kier molecular flexibility index (Phi) is 4.49. The summed E-state index contributed by atoms with van der Waals surface area (Å²) in [6.45, 7) is 9.21. The second-order valence-electron chi connectivity index (χ2n) is 5.91. The van der Waals surface area contributed by atoms with Crippen LogP contribution in [0.25, 0.3) is 0 Å². The van der Waals surface area contributed by atoms with Gasteiger partial charge in [0.05, 0.1) is 0 Å². The third-order valence-electron chi connectivity index (χ3n) is 3.98. The van der Waals surface area contributed by atoms with Crippen LogP contribution in [-0.4, -0.2) is 29.6 Å². The fraction of sp³-hybridized carbons (Fsp3) is 0.600. The minimum atomic E-state index is -0.223. The van der Waals surface area contributed by atoms with E-state index in [4.69, 9.17) is 11.6 Å². The van der Waals surface area contributed by atoms with Gasteiger partial charge < -0.3 is 5.32 Å². The van der Waals surface area contributed by atoms with Crippen molar-refractivity contribution in [3.05, 3.63) is 34.6 Å². The molecule has 1 fully saturated rings. The van der Waals surface area contributed by atoms with E-state index in [0.717, 1.165) is 25.1 Å². The van der Waals surface area contributed by atoms with Gasteiger partial charge >= 0.3 is 0 Å². The van der Waals surface area contributed by atoms with Gasteiger partial charge in [-0.15, -0.1) is 0 Å². The van der Waals surface area contributed by atoms with Crippen LogP contribution in [0.3, 0.4) is 0 Å². The van der Waals surface area contributed by atoms with E-state index in [0.29, 0.717) is 17.6 Å². The zero-order valence-corrected chi connectivity index (χ0v) is 12.6. The van der Waals surface area contributed by atoms with E-state index in [1.807, 2.05) is 0 Å². The molecule has 0 saturated carbocycles. The number of piperazine rings is 1. The molecule has 1 aromatic rings. The molecular formula is C15H22ClFN2. The normalized spacial score (nSPS) is 23.5. The molecule has 0 aromatic heterocycles. The van der Waals surface area contributed by atoms with Crippen molar-refractivity contribution in [3.63, 3.8) is 0 Å². The van der Waals surface area contributed by atoms with Gasteiger partial charge in [-0.25, -0.2) is 4.39 Å². The van der Waals surface area contributed by atoms with Gasteiger partial charge in [-0.3, -0.25) is 4.90 Å². The van der Waals surface area contributed by atoms with E-state index < -0.39 is 0 Å². The Morgan fingerprint density at radius 2 is 2.21 bits per heavy atom. The van der Waals surface area contributed by atoms with Crippen LogP contribution in [0.5, 0.6) is 0 Å². The molecule has 1 N–H and O–H groups in total. The molecule has 1 aromatic carbocycles.